The standard InChI is InChI=1S/C14H25N3O3/c1-20-10-13(19)17-7-3-11(4-8-17)16-12(18)9-14(15)5-2-6-14/h11H,2-10,15H2,1H3,(H,16,18). The Morgan fingerprint density at radius 1 is 1.35 bits per heavy atom. The zero-order chi connectivity index (χ0) is 14.6. The molecule has 0 unspecified atom stereocenters. The fourth-order valence-corrected chi connectivity index (χ4v) is 2.89. The van der Waals surface area contributed by atoms with E-state index in [9.17, 15) is 9.59 Å². The lowest BCUT2D eigenvalue weighted by atomic mass is 9.75. The lowest BCUT2D eigenvalue weighted by Gasteiger charge is -2.38. The molecule has 6 nitrogen and oxygen atoms in total. The number of rotatable bonds is 5. The van der Waals surface area contributed by atoms with Crippen LogP contribution in [-0.4, -0.2) is 55.1 Å². The Bertz CT molecular complexity index is 361. The number of nitrogens with one attached hydrogen (secondary N) is 1. The molecule has 1 heterocycles. The topological polar surface area (TPSA) is 84.7 Å². The summed E-state index contributed by atoms with van der Waals surface area (Å²) in [5.41, 5.74) is 5.81. The van der Waals surface area contributed by atoms with Gasteiger partial charge in [-0.15, -0.1) is 0 Å². The monoisotopic (exact) mass is 283 g/mol. The predicted molar refractivity (Wildman–Crippen MR) is 75.0 cm³/mol. The zero-order valence-electron chi connectivity index (χ0n) is 12.2. The molecule has 114 valence electrons. The van der Waals surface area contributed by atoms with Crippen LogP contribution in [-0.2, 0) is 14.3 Å². The molecular weight excluding hydrogens is 258 g/mol. The molecule has 2 rings (SSSR count). The molecule has 1 saturated carbocycles. The highest BCUT2D eigenvalue weighted by molar-refractivity contribution is 5.78. The molecule has 2 aliphatic rings. The molecule has 20 heavy (non-hydrogen) atoms. The molecule has 1 aliphatic carbocycles. The van der Waals surface area contributed by atoms with Crippen molar-refractivity contribution >= 4 is 11.8 Å². The first kappa shape index (κ1) is 15.3. The number of amides is 2. The van der Waals surface area contributed by atoms with E-state index in [0.717, 1.165) is 32.1 Å². The lowest BCUT2D eigenvalue weighted by molar-refractivity contribution is -0.136. The molecular formula is C14H25N3O3. The van der Waals surface area contributed by atoms with Gasteiger partial charge in [0.2, 0.25) is 11.8 Å². The predicted octanol–water partition coefficient (Wildman–Crippen LogP) is 0.0115. The molecule has 3 N–H and O–H groups in total. The van der Waals surface area contributed by atoms with Crippen LogP contribution >= 0.6 is 0 Å². The van der Waals surface area contributed by atoms with Gasteiger partial charge in [0.1, 0.15) is 6.61 Å². The summed E-state index contributed by atoms with van der Waals surface area (Å²) >= 11 is 0. The third-order valence-corrected chi connectivity index (χ3v) is 4.34. The first-order valence-corrected chi connectivity index (χ1v) is 7.37. The summed E-state index contributed by atoms with van der Waals surface area (Å²) < 4.78 is 4.85. The molecule has 0 bridgehead atoms. The molecule has 2 amide bonds. The minimum atomic E-state index is -0.265. The molecule has 0 aromatic heterocycles. The van der Waals surface area contributed by atoms with Crippen molar-refractivity contribution in [2.75, 3.05) is 26.8 Å². The smallest absolute Gasteiger partial charge is 0.248 e. The quantitative estimate of drug-likeness (QED) is 0.744. The van der Waals surface area contributed by atoms with Crippen molar-refractivity contribution in [1.82, 2.24) is 10.2 Å². The summed E-state index contributed by atoms with van der Waals surface area (Å²) in [6, 6.07) is 0.165. The molecule has 0 aromatic rings. The van der Waals surface area contributed by atoms with E-state index in [1.807, 2.05) is 0 Å². The normalized spacial score (nSPS) is 22.2. The number of nitrogens with zero attached hydrogens (tertiary/aromatic N) is 1. The Labute approximate surface area is 120 Å². The Kier molecular flexibility index (Phi) is 4.99. The van der Waals surface area contributed by atoms with Crippen molar-refractivity contribution in [1.29, 1.82) is 0 Å². The lowest BCUT2D eigenvalue weighted by Crippen LogP contribution is -2.52. The minimum absolute atomic E-state index is 0.0210. The second-order valence-corrected chi connectivity index (χ2v) is 6.05. The van der Waals surface area contributed by atoms with Gasteiger partial charge in [-0.05, 0) is 32.1 Å². The van der Waals surface area contributed by atoms with Crippen LogP contribution in [0.1, 0.15) is 38.5 Å². The van der Waals surface area contributed by atoms with Crippen molar-refractivity contribution in [2.45, 2.75) is 50.1 Å². The van der Waals surface area contributed by atoms with Crippen molar-refractivity contribution in [2.24, 2.45) is 5.73 Å². The average Bonchev–Trinajstić information content (AvgIpc) is 2.38. The van der Waals surface area contributed by atoms with Crippen molar-refractivity contribution < 1.29 is 14.3 Å². The first-order chi connectivity index (χ1) is 9.52. The van der Waals surface area contributed by atoms with Gasteiger partial charge in [-0.25, -0.2) is 0 Å². The van der Waals surface area contributed by atoms with Gasteiger partial charge in [-0.3, -0.25) is 9.59 Å². The van der Waals surface area contributed by atoms with Gasteiger partial charge in [0.25, 0.3) is 0 Å². The maximum Gasteiger partial charge on any atom is 0.248 e. The van der Waals surface area contributed by atoms with Crippen LogP contribution in [0.25, 0.3) is 0 Å². The fourth-order valence-electron chi connectivity index (χ4n) is 2.89. The Morgan fingerprint density at radius 3 is 2.50 bits per heavy atom. The van der Waals surface area contributed by atoms with Gasteiger partial charge in [-0.2, -0.15) is 0 Å². The number of ether oxygens (including phenoxy) is 1. The van der Waals surface area contributed by atoms with E-state index >= 15 is 0 Å². The van der Waals surface area contributed by atoms with Crippen LogP contribution < -0.4 is 11.1 Å². The largest absolute Gasteiger partial charge is 0.375 e. The number of hydrogen-bond acceptors (Lipinski definition) is 4. The zero-order valence-corrected chi connectivity index (χ0v) is 12.2. The van der Waals surface area contributed by atoms with E-state index in [0.29, 0.717) is 19.5 Å². The highest BCUT2D eigenvalue weighted by atomic mass is 16.5. The van der Waals surface area contributed by atoms with Gasteiger partial charge in [0, 0.05) is 38.2 Å². The SMILES string of the molecule is COCC(=O)N1CCC(NC(=O)CC2(N)CCC2)CC1. The van der Waals surface area contributed by atoms with E-state index in [2.05, 4.69) is 5.32 Å². The van der Waals surface area contributed by atoms with Crippen molar-refractivity contribution in [3.05, 3.63) is 0 Å². The molecule has 6 heteroatoms. The molecule has 1 aliphatic heterocycles. The van der Waals surface area contributed by atoms with E-state index in [-0.39, 0.29) is 30.0 Å². The van der Waals surface area contributed by atoms with Crippen LogP contribution in [0.5, 0.6) is 0 Å². The molecule has 0 spiro atoms. The van der Waals surface area contributed by atoms with Crippen LogP contribution in [0.3, 0.4) is 0 Å². The fraction of sp³-hybridized carbons (Fsp3) is 0.857. The molecule has 2 fully saturated rings. The minimum Gasteiger partial charge on any atom is -0.375 e. The van der Waals surface area contributed by atoms with Crippen LogP contribution in [0, 0.1) is 0 Å². The highest BCUT2D eigenvalue weighted by Crippen LogP contribution is 2.32. The second kappa shape index (κ2) is 6.54. The molecule has 0 radical (unpaired) electrons. The van der Waals surface area contributed by atoms with Crippen LogP contribution in [0.15, 0.2) is 0 Å². The van der Waals surface area contributed by atoms with Crippen molar-refractivity contribution in [3.8, 4) is 0 Å². The van der Waals surface area contributed by atoms with Gasteiger partial charge >= 0.3 is 0 Å². The number of piperidine rings is 1. The molecule has 0 aromatic carbocycles. The number of methoxy groups -OCH3 is 1. The highest BCUT2D eigenvalue weighted by Gasteiger charge is 2.35. The average molecular weight is 283 g/mol. The first-order valence-electron chi connectivity index (χ1n) is 7.37. The second-order valence-electron chi connectivity index (χ2n) is 6.05. The van der Waals surface area contributed by atoms with Gasteiger partial charge in [0.15, 0.2) is 0 Å². The summed E-state index contributed by atoms with van der Waals surface area (Å²) in [7, 11) is 1.52. The maximum atomic E-state index is 11.9. The number of nitrogens with two attached hydrogens (primary N) is 1. The van der Waals surface area contributed by atoms with Crippen LogP contribution in [0.2, 0.25) is 0 Å². The van der Waals surface area contributed by atoms with Gasteiger partial charge < -0.3 is 20.7 Å². The Hall–Kier alpha value is -1.14. The summed E-state index contributed by atoms with van der Waals surface area (Å²) in [5, 5.41) is 3.05. The summed E-state index contributed by atoms with van der Waals surface area (Å²) in [4.78, 5) is 25.4. The van der Waals surface area contributed by atoms with E-state index in [4.69, 9.17) is 10.5 Å². The summed E-state index contributed by atoms with van der Waals surface area (Å²) in [5.74, 6) is 0.0709. The maximum absolute atomic E-state index is 11.9. The number of carbonyl (C=O) groups excluding carboxylic acids is 2. The number of hydrogen-bond donors (Lipinski definition) is 2. The number of likely N-dealkylation sites (tertiary alicyclic amines) is 1. The van der Waals surface area contributed by atoms with Crippen molar-refractivity contribution in [3.63, 3.8) is 0 Å². The van der Waals surface area contributed by atoms with Crippen LogP contribution in [0.4, 0.5) is 0 Å². The summed E-state index contributed by atoms with van der Waals surface area (Å²) in [6.45, 7) is 1.49. The number of carbonyl (C=O) groups is 2. The van der Waals surface area contributed by atoms with Gasteiger partial charge in [-0.1, -0.05) is 0 Å². The van der Waals surface area contributed by atoms with E-state index < -0.39 is 0 Å². The van der Waals surface area contributed by atoms with Gasteiger partial charge in [0.05, 0.1) is 0 Å². The third kappa shape index (κ3) is 3.93. The third-order valence-electron chi connectivity index (χ3n) is 4.34. The summed E-state index contributed by atoms with van der Waals surface area (Å²) in [6.07, 6.45) is 5.06. The Balaban J connectivity index is 1.68. The van der Waals surface area contributed by atoms with E-state index in [1.54, 1.807) is 4.90 Å². The molecule has 1 saturated heterocycles. The Morgan fingerprint density at radius 2 is 2.00 bits per heavy atom. The molecule has 0 atom stereocenters. The van der Waals surface area contributed by atoms with E-state index in [1.165, 1.54) is 7.11 Å².